The van der Waals surface area contributed by atoms with Gasteiger partial charge in [-0.1, -0.05) is 17.7 Å². The topological polar surface area (TPSA) is 78.9 Å². The summed E-state index contributed by atoms with van der Waals surface area (Å²) in [6, 6.07) is 7.15. The summed E-state index contributed by atoms with van der Waals surface area (Å²) >= 11 is 0. The smallest absolute Gasteiger partial charge is 0.338 e. The molecule has 1 aromatic rings. The van der Waals surface area contributed by atoms with Gasteiger partial charge in [0.1, 0.15) is 6.61 Å². The first-order valence-electron chi connectivity index (χ1n) is 7.12. The zero-order valence-corrected chi connectivity index (χ0v) is 15.0. The largest absolute Gasteiger partial charge is 0.460 e. The molecular weight excluding hydrogens is 340 g/mol. The van der Waals surface area contributed by atoms with Crippen molar-refractivity contribution in [2.24, 2.45) is 0 Å². The van der Waals surface area contributed by atoms with Gasteiger partial charge in [-0.05, 0) is 29.9 Å². The molecule has 0 spiro atoms. The molecule has 0 unspecified atom stereocenters. The van der Waals surface area contributed by atoms with E-state index >= 15 is 0 Å². The molecule has 0 amide bonds. The Morgan fingerprint density at radius 2 is 1.57 bits per heavy atom. The summed E-state index contributed by atoms with van der Waals surface area (Å²) in [7, 11) is -2.15. The molecular formula is C15H22O6S2. The van der Waals surface area contributed by atoms with E-state index < -0.39 is 8.87 Å². The maximum Gasteiger partial charge on any atom is 0.338 e. The molecule has 1 aromatic carbocycles. The van der Waals surface area contributed by atoms with Gasteiger partial charge in [-0.25, -0.2) is 13.2 Å². The Balaban J connectivity index is 1.97. The van der Waals surface area contributed by atoms with Gasteiger partial charge >= 0.3 is 5.97 Å². The van der Waals surface area contributed by atoms with Gasteiger partial charge < -0.3 is 14.2 Å². The highest BCUT2D eigenvalue weighted by molar-refractivity contribution is 8.71. The summed E-state index contributed by atoms with van der Waals surface area (Å²) in [5.74, 6) is 0.0233. The van der Waals surface area contributed by atoms with Crippen molar-refractivity contribution < 1.29 is 27.4 Å². The van der Waals surface area contributed by atoms with Crippen LogP contribution in [0.25, 0.3) is 0 Å². The Labute approximate surface area is 140 Å². The minimum atomic E-state index is -3.01. The van der Waals surface area contributed by atoms with Crippen LogP contribution in [0.1, 0.15) is 15.9 Å². The normalized spacial score (nSPS) is 11.4. The van der Waals surface area contributed by atoms with E-state index in [1.165, 1.54) is 6.26 Å². The fourth-order valence-electron chi connectivity index (χ4n) is 1.53. The second-order valence-corrected chi connectivity index (χ2v) is 9.33. The fourth-order valence-corrected chi connectivity index (χ4v) is 3.13. The monoisotopic (exact) mass is 362 g/mol. The first-order valence-corrected chi connectivity index (χ1v) is 10.5. The molecule has 0 atom stereocenters. The van der Waals surface area contributed by atoms with E-state index in [-0.39, 0.29) is 12.6 Å². The van der Waals surface area contributed by atoms with E-state index in [2.05, 4.69) is 0 Å². The summed E-state index contributed by atoms with van der Waals surface area (Å²) in [5, 5.41) is 0. The average molecular weight is 362 g/mol. The lowest BCUT2D eigenvalue weighted by molar-refractivity contribution is 0.0167. The molecule has 8 heteroatoms. The van der Waals surface area contributed by atoms with Crippen molar-refractivity contribution in [2.45, 2.75) is 6.92 Å². The van der Waals surface area contributed by atoms with Crippen molar-refractivity contribution in [3.05, 3.63) is 35.4 Å². The second-order valence-electron chi connectivity index (χ2n) is 4.75. The Kier molecular flexibility index (Phi) is 9.23. The van der Waals surface area contributed by atoms with Crippen molar-refractivity contribution >= 4 is 25.6 Å². The number of carbonyl (C=O) groups excluding carboxylic acids is 1. The minimum Gasteiger partial charge on any atom is -0.460 e. The van der Waals surface area contributed by atoms with Crippen molar-refractivity contribution in [1.82, 2.24) is 0 Å². The molecule has 23 heavy (non-hydrogen) atoms. The molecule has 0 heterocycles. The third kappa shape index (κ3) is 10.3. The van der Waals surface area contributed by atoms with Gasteiger partial charge in [0.25, 0.3) is 0 Å². The maximum atomic E-state index is 11.7. The molecule has 130 valence electrons. The summed E-state index contributed by atoms with van der Waals surface area (Å²) in [5.41, 5.74) is 1.60. The molecule has 0 N–H and O–H groups in total. The van der Waals surface area contributed by atoms with E-state index in [1.54, 1.807) is 12.1 Å². The molecule has 0 aliphatic heterocycles. The predicted octanol–water partition coefficient (Wildman–Crippen LogP) is 1.88. The van der Waals surface area contributed by atoms with Crippen molar-refractivity contribution in [3.63, 3.8) is 0 Å². The maximum absolute atomic E-state index is 11.7. The molecule has 0 aliphatic rings. The van der Waals surface area contributed by atoms with Crippen molar-refractivity contribution in [1.29, 1.82) is 0 Å². The van der Waals surface area contributed by atoms with Crippen molar-refractivity contribution in [3.8, 4) is 0 Å². The Hall–Kier alpha value is -1.09. The number of rotatable bonds is 11. The molecule has 0 aliphatic carbocycles. The van der Waals surface area contributed by atoms with Crippen molar-refractivity contribution in [2.75, 3.05) is 45.0 Å². The lowest BCUT2D eigenvalue weighted by atomic mass is 10.1. The SMILES string of the molecule is Cc1ccc(C(=O)OCCOCCOCCSS(C)(=O)=O)cc1. The van der Waals surface area contributed by atoms with Gasteiger partial charge in [0.05, 0.1) is 32.0 Å². The second kappa shape index (κ2) is 10.6. The molecule has 0 fully saturated rings. The summed E-state index contributed by atoms with van der Waals surface area (Å²) in [4.78, 5) is 11.7. The zero-order valence-electron chi connectivity index (χ0n) is 13.3. The molecule has 0 saturated carbocycles. The first-order chi connectivity index (χ1) is 10.9. The number of aryl methyl sites for hydroxylation is 1. The Morgan fingerprint density at radius 1 is 1.00 bits per heavy atom. The Morgan fingerprint density at radius 3 is 2.17 bits per heavy atom. The lowest BCUT2D eigenvalue weighted by Crippen LogP contribution is -2.13. The van der Waals surface area contributed by atoms with Gasteiger partial charge in [0, 0.05) is 12.0 Å². The minimum absolute atomic E-state index is 0.177. The van der Waals surface area contributed by atoms with E-state index in [9.17, 15) is 13.2 Å². The molecule has 1 rings (SSSR count). The van der Waals surface area contributed by atoms with Crippen LogP contribution in [0, 0.1) is 6.92 Å². The number of benzene rings is 1. The highest BCUT2D eigenvalue weighted by atomic mass is 33.1. The van der Waals surface area contributed by atoms with Crippen LogP contribution in [0.3, 0.4) is 0 Å². The van der Waals surface area contributed by atoms with E-state index in [0.717, 1.165) is 16.4 Å². The van der Waals surface area contributed by atoms with Crippen LogP contribution in [0.15, 0.2) is 24.3 Å². The highest BCUT2D eigenvalue weighted by Gasteiger charge is 2.06. The number of hydrogen-bond donors (Lipinski definition) is 0. The molecule has 0 bridgehead atoms. The zero-order chi connectivity index (χ0) is 17.1. The highest BCUT2D eigenvalue weighted by Crippen LogP contribution is 2.08. The number of ether oxygens (including phenoxy) is 3. The van der Waals surface area contributed by atoms with Crippen LogP contribution in [0.4, 0.5) is 0 Å². The van der Waals surface area contributed by atoms with Gasteiger partial charge in [-0.15, -0.1) is 0 Å². The number of hydrogen-bond acceptors (Lipinski definition) is 7. The first kappa shape index (κ1) is 20.0. The third-order valence-corrected chi connectivity index (χ3v) is 5.19. The molecule has 0 aromatic heterocycles. The quantitative estimate of drug-likeness (QED) is 0.338. The van der Waals surface area contributed by atoms with E-state index in [1.807, 2.05) is 19.1 Å². The predicted molar refractivity (Wildman–Crippen MR) is 90.4 cm³/mol. The summed E-state index contributed by atoms with van der Waals surface area (Å²) < 4.78 is 37.3. The van der Waals surface area contributed by atoms with Crippen LogP contribution in [0.2, 0.25) is 0 Å². The summed E-state index contributed by atoms with van der Waals surface area (Å²) in [6.07, 6.45) is 1.17. The van der Waals surface area contributed by atoms with Gasteiger partial charge in [-0.3, -0.25) is 0 Å². The molecule has 0 radical (unpaired) electrons. The van der Waals surface area contributed by atoms with Crippen LogP contribution in [-0.4, -0.2) is 59.4 Å². The average Bonchev–Trinajstić information content (AvgIpc) is 2.48. The fraction of sp³-hybridized carbons (Fsp3) is 0.533. The number of carbonyl (C=O) groups is 1. The Bertz CT molecular complexity index is 568. The van der Waals surface area contributed by atoms with Gasteiger partial charge in [0.15, 0.2) is 8.87 Å². The van der Waals surface area contributed by atoms with Gasteiger partial charge in [0.2, 0.25) is 0 Å². The van der Waals surface area contributed by atoms with Crippen LogP contribution in [0.5, 0.6) is 0 Å². The van der Waals surface area contributed by atoms with Gasteiger partial charge in [-0.2, -0.15) is 0 Å². The van der Waals surface area contributed by atoms with Crippen LogP contribution < -0.4 is 0 Å². The molecule has 0 saturated heterocycles. The molecule has 6 nitrogen and oxygen atoms in total. The summed E-state index contributed by atoms with van der Waals surface area (Å²) in [6.45, 7) is 3.51. The standard InChI is InChI=1S/C15H22O6S2/c1-13-3-5-14(6-4-13)15(16)21-10-9-19-7-8-20-11-12-22-23(2,17)18/h3-6H,7-12H2,1-2H3. The van der Waals surface area contributed by atoms with Crippen LogP contribution in [-0.2, 0) is 23.1 Å². The van der Waals surface area contributed by atoms with E-state index in [4.69, 9.17) is 14.2 Å². The van der Waals surface area contributed by atoms with Crippen LogP contribution >= 0.6 is 10.8 Å². The lowest BCUT2D eigenvalue weighted by Gasteiger charge is -2.07. The third-order valence-electron chi connectivity index (χ3n) is 2.65. The number of esters is 1. The van der Waals surface area contributed by atoms with E-state index in [0.29, 0.717) is 37.7 Å².